The topological polar surface area (TPSA) is 110 Å². The molecule has 2 heterocycles. The number of methoxy groups -OCH3 is 1. The van der Waals surface area contributed by atoms with Gasteiger partial charge in [-0.05, 0) is 37.3 Å². The standard InChI is InChI=1S/C22H19BrN4O4/c1-14-9-16(13-30-2)19(10-24)22(29)27(14)12-21(28)26-25-11-18-7-8-20(31-18)15-3-5-17(23)6-4-15/h3-9,11H,12-13H2,1-2H3,(H,26,28). The van der Waals surface area contributed by atoms with Gasteiger partial charge in [0.1, 0.15) is 29.7 Å². The smallest absolute Gasteiger partial charge is 0.269 e. The van der Waals surface area contributed by atoms with Gasteiger partial charge in [0.2, 0.25) is 0 Å². The fourth-order valence-electron chi connectivity index (χ4n) is 2.96. The van der Waals surface area contributed by atoms with Crippen molar-refractivity contribution in [2.75, 3.05) is 7.11 Å². The van der Waals surface area contributed by atoms with Crippen molar-refractivity contribution in [1.82, 2.24) is 9.99 Å². The Bertz CT molecular complexity index is 1220. The average Bonchev–Trinajstić information content (AvgIpc) is 3.21. The van der Waals surface area contributed by atoms with E-state index in [1.165, 1.54) is 17.9 Å². The van der Waals surface area contributed by atoms with E-state index >= 15 is 0 Å². The van der Waals surface area contributed by atoms with E-state index in [1.54, 1.807) is 25.1 Å². The van der Waals surface area contributed by atoms with Crippen LogP contribution < -0.4 is 11.0 Å². The molecular formula is C22H19BrN4O4. The maximum Gasteiger partial charge on any atom is 0.269 e. The number of hydrogen-bond acceptors (Lipinski definition) is 6. The normalized spacial score (nSPS) is 10.9. The van der Waals surface area contributed by atoms with Gasteiger partial charge < -0.3 is 13.7 Å². The molecule has 0 bridgehead atoms. The highest BCUT2D eigenvalue weighted by Crippen LogP contribution is 2.23. The van der Waals surface area contributed by atoms with E-state index in [0.717, 1.165) is 10.0 Å². The molecule has 0 saturated heterocycles. The molecule has 2 aromatic heterocycles. The number of hydrogen-bond donors (Lipinski definition) is 1. The Labute approximate surface area is 186 Å². The molecule has 1 amide bonds. The summed E-state index contributed by atoms with van der Waals surface area (Å²) in [5.41, 5.74) is 3.72. The van der Waals surface area contributed by atoms with Crippen LogP contribution in [0.1, 0.15) is 22.6 Å². The molecule has 1 N–H and O–H groups in total. The van der Waals surface area contributed by atoms with E-state index in [0.29, 0.717) is 22.8 Å². The second-order valence-electron chi connectivity index (χ2n) is 6.62. The summed E-state index contributed by atoms with van der Waals surface area (Å²) in [5.74, 6) is 0.620. The van der Waals surface area contributed by atoms with Crippen LogP contribution in [0, 0.1) is 18.3 Å². The average molecular weight is 483 g/mol. The van der Waals surface area contributed by atoms with Crippen LogP contribution in [0.3, 0.4) is 0 Å². The molecule has 0 atom stereocenters. The third kappa shape index (κ3) is 5.36. The zero-order valence-corrected chi connectivity index (χ0v) is 18.5. The van der Waals surface area contributed by atoms with Gasteiger partial charge >= 0.3 is 0 Å². The Hall–Kier alpha value is -3.48. The quantitative estimate of drug-likeness (QED) is 0.410. The largest absolute Gasteiger partial charge is 0.455 e. The van der Waals surface area contributed by atoms with Crippen molar-refractivity contribution in [3.05, 3.63) is 79.9 Å². The fraction of sp³-hybridized carbons (Fsp3) is 0.182. The van der Waals surface area contributed by atoms with Crippen molar-refractivity contribution in [3.63, 3.8) is 0 Å². The predicted octanol–water partition coefficient (Wildman–Crippen LogP) is 3.35. The number of benzene rings is 1. The number of furan rings is 1. The Morgan fingerprint density at radius 3 is 2.74 bits per heavy atom. The van der Waals surface area contributed by atoms with Gasteiger partial charge in [0.05, 0.1) is 12.8 Å². The highest BCUT2D eigenvalue weighted by Gasteiger charge is 2.14. The first-order valence-electron chi connectivity index (χ1n) is 9.23. The van der Waals surface area contributed by atoms with Crippen LogP contribution in [-0.2, 0) is 22.7 Å². The maximum absolute atomic E-state index is 12.6. The lowest BCUT2D eigenvalue weighted by atomic mass is 10.1. The number of carbonyl (C=O) groups is 1. The van der Waals surface area contributed by atoms with E-state index < -0.39 is 11.5 Å². The summed E-state index contributed by atoms with van der Waals surface area (Å²) in [5, 5.41) is 13.2. The number of hydrazone groups is 1. The van der Waals surface area contributed by atoms with Crippen LogP contribution in [0.2, 0.25) is 0 Å². The molecular weight excluding hydrogens is 464 g/mol. The number of amides is 1. The van der Waals surface area contributed by atoms with Crippen molar-refractivity contribution in [2.24, 2.45) is 5.10 Å². The summed E-state index contributed by atoms with van der Waals surface area (Å²) in [6, 6.07) is 14.7. The van der Waals surface area contributed by atoms with E-state index in [2.05, 4.69) is 26.5 Å². The van der Waals surface area contributed by atoms with Gasteiger partial charge in [-0.15, -0.1) is 0 Å². The number of nitrogens with one attached hydrogen (secondary N) is 1. The molecule has 0 saturated carbocycles. The van der Waals surface area contributed by atoms with Crippen LogP contribution in [0.5, 0.6) is 0 Å². The van der Waals surface area contributed by atoms with Gasteiger partial charge in [0, 0.05) is 28.4 Å². The third-order valence-corrected chi connectivity index (χ3v) is 4.97. The van der Waals surface area contributed by atoms with Crippen LogP contribution in [0.4, 0.5) is 0 Å². The van der Waals surface area contributed by atoms with Gasteiger partial charge in [0.25, 0.3) is 11.5 Å². The van der Waals surface area contributed by atoms with Gasteiger partial charge in [-0.1, -0.05) is 28.1 Å². The number of nitrogens with zero attached hydrogens (tertiary/aromatic N) is 3. The van der Waals surface area contributed by atoms with Crippen molar-refractivity contribution >= 4 is 28.1 Å². The minimum absolute atomic E-state index is 0.0418. The van der Waals surface area contributed by atoms with Gasteiger partial charge in [-0.3, -0.25) is 9.59 Å². The molecule has 1 aromatic carbocycles. The summed E-state index contributed by atoms with van der Waals surface area (Å²) >= 11 is 3.39. The highest BCUT2D eigenvalue weighted by molar-refractivity contribution is 9.10. The van der Waals surface area contributed by atoms with Crippen LogP contribution in [0.25, 0.3) is 11.3 Å². The zero-order valence-electron chi connectivity index (χ0n) is 16.9. The second kappa shape index (κ2) is 10.0. The molecule has 0 unspecified atom stereocenters. The number of aromatic nitrogens is 1. The molecule has 9 heteroatoms. The molecule has 158 valence electrons. The number of pyridine rings is 1. The summed E-state index contributed by atoms with van der Waals surface area (Å²) in [4.78, 5) is 24.8. The van der Waals surface area contributed by atoms with Crippen LogP contribution in [-0.4, -0.2) is 23.8 Å². The van der Waals surface area contributed by atoms with Gasteiger partial charge in [-0.25, -0.2) is 5.43 Å². The summed E-state index contributed by atoms with van der Waals surface area (Å²) in [6.07, 6.45) is 1.37. The maximum atomic E-state index is 12.6. The second-order valence-corrected chi connectivity index (χ2v) is 7.54. The molecule has 31 heavy (non-hydrogen) atoms. The lowest BCUT2D eigenvalue weighted by molar-refractivity contribution is -0.121. The Balaban J connectivity index is 1.67. The van der Waals surface area contributed by atoms with Crippen molar-refractivity contribution < 1.29 is 13.9 Å². The minimum atomic E-state index is -0.543. The predicted molar refractivity (Wildman–Crippen MR) is 118 cm³/mol. The number of nitriles is 1. The molecule has 0 aliphatic heterocycles. The molecule has 0 fully saturated rings. The highest BCUT2D eigenvalue weighted by atomic mass is 79.9. The minimum Gasteiger partial charge on any atom is -0.455 e. The van der Waals surface area contributed by atoms with Crippen molar-refractivity contribution in [2.45, 2.75) is 20.1 Å². The lowest BCUT2D eigenvalue weighted by Gasteiger charge is -2.12. The molecule has 8 nitrogen and oxygen atoms in total. The molecule has 3 aromatic rings. The lowest BCUT2D eigenvalue weighted by Crippen LogP contribution is -2.33. The SMILES string of the molecule is COCc1cc(C)n(CC(=O)NN=Cc2ccc(-c3ccc(Br)cc3)o2)c(=O)c1C#N. The van der Waals surface area contributed by atoms with Crippen LogP contribution >= 0.6 is 15.9 Å². The van der Waals surface area contributed by atoms with E-state index in [-0.39, 0.29) is 18.7 Å². The van der Waals surface area contributed by atoms with E-state index in [4.69, 9.17) is 9.15 Å². The molecule has 3 rings (SSSR count). The third-order valence-electron chi connectivity index (χ3n) is 4.44. The summed E-state index contributed by atoms with van der Waals surface area (Å²) in [7, 11) is 1.48. The van der Waals surface area contributed by atoms with E-state index in [9.17, 15) is 14.9 Å². The van der Waals surface area contributed by atoms with Crippen LogP contribution in [0.15, 0.2) is 61.3 Å². The Morgan fingerprint density at radius 2 is 2.06 bits per heavy atom. The van der Waals surface area contributed by atoms with Crippen molar-refractivity contribution in [1.29, 1.82) is 5.26 Å². The number of ether oxygens (including phenoxy) is 1. The van der Waals surface area contributed by atoms with Crippen molar-refractivity contribution in [3.8, 4) is 17.4 Å². The zero-order chi connectivity index (χ0) is 22.4. The first kappa shape index (κ1) is 22.2. The first-order valence-corrected chi connectivity index (χ1v) is 10.0. The Kier molecular flexibility index (Phi) is 7.18. The van der Waals surface area contributed by atoms with Gasteiger partial charge in [0.15, 0.2) is 0 Å². The first-order chi connectivity index (χ1) is 14.9. The molecule has 0 spiro atoms. The number of rotatable bonds is 7. The molecule has 0 aliphatic carbocycles. The summed E-state index contributed by atoms with van der Waals surface area (Å²) < 4.78 is 12.9. The Morgan fingerprint density at radius 1 is 1.32 bits per heavy atom. The number of halogens is 1. The van der Waals surface area contributed by atoms with E-state index in [1.807, 2.05) is 30.3 Å². The molecule has 0 radical (unpaired) electrons. The van der Waals surface area contributed by atoms with Gasteiger partial charge in [-0.2, -0.15) is 10.4 Å². The molecule has 0 aliphatic rings. The monoisotopic (exact) mass is 482 g/mol. The number of carbonyl (C=O) groups excluding carboxylic acids is 1. The number of aryl methyl sites for hydroxylation is 1. The fourth-order valence-corrected chi connectivity index (χ4v) is 3.22. The summed E-state index contributed by atoms with van der Waals surface area (Å²) in [6.45, 7) is 1.55.